The highest BCUT2D eigenvalue weighted by Crippen LogP contribution is 2.20. The number of para-hydroxylation sites is 2. The minimum Gasteiger partial charge on any atom is -0.340 e. The Bertz CT molecular complexity index is 1060. The van der Waals surface area contributed by atoms with Gasteiger partial charge < -0.3 is 4.57 Å². The van der Waals surface area contributed by atoms with Crippen molar-refractivity contribution in [1.29, 1.82) is 0 Å². The number of hydrogen-bond donors (Lipinski definition) is 0. The van der Waals surface area contributed by atoms with E-state index in [0.717, 1.165) is 11.9 Å². The Balaban J connectivity index is 1.87. The first-order valence-electron chi connectivity index (χ1n) is 10.4. The molecule has 1 heterocycles. The molecule has 0 radical (unpaired) electrons. The number of aromatic nitrogens is 1. The predicted octanol–water partition coefficient (Wildman–Crippen LogP) is 6.48. The SMILES string of the molecule is CCCCCCn1c2ccccc2c(=NCc2ccccc2)c2ccccc21. The largest absolute Gasteiger partial charge is 0.340 e. The van der Waals surface area contributed by atoms with Gasteiger partial charge in [0, 0.05) is 17.3 Å². The molecular formula is C26H28N2. The van der Waals surface area contributed by atoms with Gasteiger partial charge in [-0.2, -0.15) is 0 Å². The normalized spacial score (nSPS) is 11.2. The van der Waals surface area contributed by atoms with Crippen molar-refractivity contribution in [3.05, 3.63) is 89.8 Å². The van der Waals surface area contributed by atoms with Crippen LogP contribution in [0.4, 0.5) is 0 Å². The van der Waals surface area contributed by atoms with Crippen molar-refractivity contribution < 1.29 is 0 Å². The maximum Gasteiger partial charge on any atom is 0.0764 e. The third-order valence-electron chi connectivity index (χ3n) is 5.40. The Hall–Kier alpha value is -2.87. The van der Waals surface area contributed by atoms with E-state index in [1.807, 2.05) is 0 Å². The first-order chi connectivity index (χ1) is 13.9. The second kappa shape index (κ2) is 8.88. The summed E-state index contributed by atoms with van der Waals surface area (Å²) in [6, 6.07) is 27.9. The van der Waals surface area contributed by atoms with Crippen molar-refractivity contribution in [2.24, 2.45) is 4.99 Å². The quantitative estimate of drug-likeness (QED) is 0.262. The average molecular weight is 369 g/mol. The van der Waals surface area contributed by atoms with Crippen LogP contribution in [0.3, 0.4) is 0 Å². The summed E-state index contributed by atoms with van der Waals surface area (Å²) in [6.45, 7) is 4.02. The van der Waals surface area contributed by atoms with Gasteiger partial charge in [-0.1, -0.05) is 92.9 Å². The first-order valence-corrected chi connectivity index (χ1v) is 10.4. The van der Waals surface area contributed by atoms with E-state index in [9.17, 15) is 0 Å². The van der Waals surface area contributed by atoms with Gasteiger partial charge in [0.25, 0.3) is 0 Å². The Kier molecular flexibility index (Phi) is 5.86. The molecule has 0 unspecified atom stereocenters. The van der Waals surface area contributed by atoms with Gasteiger partial charge in [0.05, 0.1) is 22.9 Å². The Labute approximate surface area is 167 Å². The van der Waals surface area contributed by atoms with E-state index in [0.29, 0.717) is 6.54 Å². The van der Waals surface area contributed by atoms with E-state index < -0.39 is 0 Å². The minimum atomic E-state index is 0.704. The van der Waals surface area contributed by atoms with Crippen LogP contribution < -0.4 is 5.36 Å². The molecule has 4 aromatic rings. The van der Waals surface area contributed by atoms with Crippen LogP contribution in [0.2, 0.25) is 0 Å². The summed E-state index contributed by atoms with van der Waals surface area (Å²) in [6.07, 6.45) is 5.07. The second-order valence-electron chi connectivity index (χ2n) is 7.40. The fraction of sp³-hybridized carbons (Fsp3) is 0.269. The van der Waals surface area contributed by atoms with Crippen LogP contribution in [-0.2, 0) is 13.1 Å². The van der Waals surface area contributed by atoms with Crippen LogP contribution in [0.15, 0.2) is 83.9 Å². The standard InChI is InChI=1S/C26H28N2/c1-2-3-4-12-19-28-24-17-10-8-15-22(24)26(23-16-9-11-18-25(23)28)27-20-21-13-6-5-7-14-21/h5-11,13-18H,2-4,12,19-20H2,1H3. The summed E-state index contributed by atoms with van der Waals surface area (Å²) < 4.78 is 2.49. The molecule has 0 saturated carbocycles. The molecular weight excluding hydrogens is 340 g/mol. The Morgan fingerprint density at radius 1 is 0.679 bits per heavy atom. The van der Waals surface area contributed by atoms with E-state index in [-0.39, 0.29) is 0 Å². The zero-order valence-corrected chi connectivity index (χ0v) is 16.6. The number of hydrogen-bond acceptors (Lipinski definition) is 1. The molecule has 0 aliphatic rings. The molecule has 142 valence electrons. The van der Waals surface area contributed by atoms with Gasteiger partial charge in [-0.3, -0.25) is 4.99 Å². The Morgan fingerprint density at radius 2 is 1.29 bits per heavy atom. The van der Waals surface area contributed by atoms with Crippen LogP contribution >= 0.6 is 0 Å². The van der Waals surface area contributed by atoms with E-state index in [1.54, 1.807) is 0 Å². The fourth-order valence-corrected chi connectivity index (χ4v) is 3.96. The highest BCUT2D eigenvalue weighted by molar-refractivity contribution is 5.93. The first kappa shape index (κ1) is 18.5. The molecule has 0 aliphatic carbocycles. The molecule has 28 heavy (non-hydrogen) atoms. The van der Waals surface area contributed by atoms with Crippen molar-refractivity contribution in [2.45, 2.75) is 45.7 Å². The minimum absolute atomic E-state index is 0.704. The van der Waals surface area contributed by atoms with Crippen LogP contribution in [0, 0.1) is 0 Å². The number of fused-ring (bicyclic) bond motifs is 2. The lowest BCUT2D eigenvalue weighted by Gasteiger charge is -2.16. The highest BCUT2D eigenvalue weighted by Gasteiger charge is 2.08. The van der Waals surface area contributed by atoms with Crippen molar-refractivity contribution in [1.82, 2.24) is 4.57 Å². The molecule has 0 N–H and O–H groups in total. The van der Waals surface area contributed by atoms with Crippen LogP contribution in [0.1, 0.15) is 38.2 Å². The molecule has 2 heteroatoms. The third-order valence-corrected chi connectivity index (χ3v) is 5.40. The molecule has 3 aromatic carbocycles. The molecule has 0 atom stereocenters. The lowest BCUT2D eigenvalue weighted by molar-refractivity contribution is 0.601. The maximum absolute atomic E-state index is 5.07. The number of pyridine rings is 1. The lowest BCUT2D eigenvalue weighted by Crippen LogP contribution is -2.13. The van der Waals surface area contributed by atoms with Gasteiger partial charge in [0.1, 0.15) is 0 Å². The van der Waals surface area contributed by atoms with Crippen molar-refractivity contribution in [3.63, 3.8) is 0 Å². The zero-order valence-electron chi connectivity index (χ0n) is 16.6. The van der Waals surface area contributed by atoms with E-state index in [2.05, 4.69) is 90.4 Å². The number of aryl methyl sites for hydroxylation is 1. The summed E-state index contributed by atoms with van der Waals surface area (Å²) in [5, 5.41) is 3.60. The molecule has 0 fully saturated rings. The van der Waals surface area contributed by atoms with E-state index >= 15 is 0 Å². The summed E-state index contributed by atoms with van der Waals surface area (Å²) in [5.41, 5.74) is 3.81. The van der Waals surface area contributed by atoms with Crippen LogP contribution in [-0.4, -0.2) is 4.57 Å². The maximum atomic E-state index is 5.07. The van der Waals surface area contributed by atoms with Crippen molar-refractivity contribution >= 4 is 21.8 Å². The summed E-state index contributed by atoms with van der Waals surface area (Å²) in [4.78, 5) is 5.07. The van der Waals surface area contributed by atoms with Gasteiger partial charge in [-0.15, -0.1) is 0 Å². The van der Waals surface area contributed by atoms with Crippen LogP contribution in [0.5, 0.6) is 0 Å². The van der Waals surface area contributed by atoms with Crippen LogP contribution in [0.25, 0.3) is 21.8 Å². The van der Waals surface area contributed by atoms with Crippen molar-refractivity contribution in [3.8, 4) is 0 Å². The topological polar surface area (TPSA) is 17.3 Å². The molecule has 0 saturated heterocycles. The molecule has 0 bridgehead atoms. The summed E-state index contributed by atoms with van der Waals surface area (Å²) in [5.74, 6) is 0. The van der Waals surface area contributed by atoms with Crippen molar-refractivity contribution in [2.75, 3.05) is 0 Å². The number of benzene rings is 3. The predicted molar refractivity (Wildman–Crippen MR) is 119 cm³/mol. The Morgan fingerprint density at radius 3 is 1.93 bits per heavy atom. The van der Waals surface area contributed by atoms with E-state index in [4.69, 9.17) is 4.99 Å². The van der Waals surface area contributed by atoms with Gasteiger partial charge in [-0.05, 0) is 24.1 Å². The molecule has 0 amide bonds. The highest BCUT2D eigenvalue weighted by atomic mass is 15.0. The average Bonchev–Trinajstić information content (AvgIpc) is 2.76. The molecule has 1 aromatic heterocycles. The van der Waals surface area contributed by atoms with Gasteiger partial charge in [-0.25, -0.2) is 0 Å². The smallest absolute Gasteiger partial charge is 0.0764 e. The van der Waals surface area contributed by atoms with E-state index in [1.165, 1.54) is 53.1 Å². The molecule has 2 nitrogen and oxygen atoms in total. The summed E-state index contributed by atoms with van der Waals surface area (Å²) in [7, 11) is 0. The number of rotatable bonds is 7. The zero-order chi connectivity index (χ0) is 19.2. The fourth-order valence-electron chi connectivity index (χ4n) is 3.96. The second-order valence-corrected chi connectivity index (χ2v) is 7.40. The third kappa shape index (κ3) is 3.87. The molecule has 0 aliphatic heterocycles. The van der Waals surface area contributed by atoms with Gasteiger partial charge in [0.2, 0.25) is 0 Å². The number of nitrogens with zero attached hydrogens (tertiary/aromatic N) is 2. The summed E-state index contributed by atoms with van der Waals surface area (Å²) >= 11 is 0. The van der Waals surface area contributed by atoms with Gasteiger partial charge in [0.15, 0.2) is 0 Å². The monoisotopic (exact) mass is 368 g/mol. The van der Waals surface area contributed by atoms with Gasteiger partial charge >= 0.3 is 0 Å². The lowest BCUT2D eigenvalue weighted by atomic mass is 10.1. The number of unbranched alkanes of at least 4 members (excludes halogenated alkanes) is 3. The molecule has 4 rings (SSSR count). The molecule has 0 spiro atoms.